The number of hydrogen-bond donors (Lipinski definition) is 3. The van der Waals surface area contributed by atoms with Gasteiger partial charge in [-0.25, -0.2) is 4.98 Å². The summed E-state index contributed by atoms with van der Waals surface area (Å²) < 4.78 is 5.17. The molecule has 0 saturated carbocycles. The first-order valence-corrected chi connectivity index (χ1v) is 7.20. The number of nitrogens with one attached hydrogen (secondary N) is 2. The van der Waals surface area contributed by atoms with Crippen LogP contribution in [0.5, 0.6) is 5.75 Å². The monoisotopic (exact) mass is 304 g/mol. The van der Waals surface area contributed by atoms with Crippen molar-refractivity contribution in [1.82, 2.24) is 9.97 Å². The molecule has 2 rings (SSSR count). The fourth-order valence-electron chi connectivity index (χ4n) is 1.83. The SMILES string of the molecule is COc1ccc(CSc2nc(C)cc(=O)[nH]2)cc1C(=N)N. The number of aromatic amines is 1. The molecule has 0 amide bonds. The molecule has 0 fully saturated rings. The van der Waals surface area contributed by atoms with Crippen LogP contribution < -0.4 is 16.0 Å². The van der Waals surface area contributed by atoms with E-state index < -0.39 is 0 Å². The Morgan fingerprint density at radius 1 is 1.48 bits per heavy atom. The largest absolute Gasteiger partial charge is 0.496 e. The molecule has 110 valence electrons. The van der Waals surface area contributed by atoms with Gasteiger partial charge in [-0.1, -0.05) is 17.8 Å². The second-order valence-electron chi connectivity index (χ2n) is 4.43. The van der Waals surface area contributed by atoms with Crippen molar-refractivity contribution in [2.24, 2.45) is 5.73 Å². The lowest BCUT2D eigenvalue weighted by atomic mass is 10.1. The number of nitrogens with two attached hydrogens (primary N) is 1. The van der Waals surface area contributed by atoms with Crippen LogP contribution in [-0.2, 0) is 5.75 Å². The van der Waals surface area contributed by atoms with E-state index in [9.17, 15) is 4.79 Å². The third kappa shape index (κ3) is 3.85. The van der Waals surface area contributed by atoms with Crippen molar-refractivity contribution in [3.8, 4) is 5.75 Å². The van der Waals surface area contributed by atoms with E-state index >= 15 is 0 Å². The van der Waals surface area contributed by atoms with Crippen molar-refractivity contribution in [3.05, 3.63) is 51.4 Å². The number of benzene rings is 1. The third-order valence-electron chi connectivity index (χ3n) is 2.78. The van der Waals surface area contributed by atoms with Gasteiger partial charge >= 0.3 is 0 Å². The van der Waals surface area contributed by atoms with Crippen LogP contribution in [-0.4, -0.2) is 22.9 Å². The number of amidine groups is 1. The molecule has 4 N–H and O–H groups in total. The zero-order chi connectivity index (χ0) is 15.4. The number of nitrogen functional groups attached to an aromatic ring is 1. The van der Waals surface area contributed by atoms with Crippen LogP contribution in [0.3, 0.4) is 0 Å². The number of hydrogen-bond acceptors (Lipinski definition) is 5. The van der Waals surface area contributed by atoms with Crippen LogP contribution in [0.25, 0.3) is 0 Å². The standard InChI is InChI=1S/C14H16N4O2S/c1-8-5-12(19)18-14(17-8)21-7-9-3-4-11(20-2)10(6-9)13(15)16/h3-6H,7H2,1-2H3,(H3,15,16)(H,17,18,19). The molecule has 0 unspecified atom stereocenters. The summed E-state index contributed by atoms with van der Waals surface area (Å²) in [6, 6.07) is 6.93. The van der Waals surface area contributed by atoms with E-state index in [1.807, 2.05) is 12.1 Å². The maximum Gasteiger partial charge on any atom is 0.251 e. The Balaban J connectivity index is 2.18. The van der Waals surface area contributed by atoms with Gasteiger partial charge in [-0.3, -0.25) is 10.2 Å². The van der Waals surface area contributed by atoms with Gasteiger partial charge < -0.3 is 15.5 Å². The molecular formula is C14H16N4O2S. The second-order valence-corrected chi connectivity index (χ2v) is 5.39. The minimum Gasteiger partial charge on any atom is -0.496 e. The van der Waals surface area contributed by atoms with Crippen molar-refractivity contribution in [2.45, 2.75) is 17.8 Å². The summed E-state index contributed by atoms with van der Waals surface area (Å²) in [5, 5.41) is 8.13. The van der Waals surface area contributed by atoms with Crippen LogP contribution in [0, 0.1) is 12.3 Å². The van der Waals surface area contributed by atoms with Gasteiger partial charge in [0.2, 0.25) is 0 Å². The number of aryl methyl sites for hydroxylation is 1. The molecule has 0 radical (unpaired) electrons. The highest BCUT2D eigenvalue weighted by atomic mass is 32.2. The molecule has 0 aliphatic carbocycles. The number of methoxy groups -OCH3 is 1. The molecule has 2 aromatic rings. The third-order valence-corrected chi connectivity index (χ3v) is 3.72. The van der Waals surface area contributed by atoms with Crippen molar-refractivity contribution >= 4 is 17.6 Å². The van der Waals surface area contributed by atoms with Gasteiger partial charge in [0.05, 0.1) is 12.7 Å². The van der Waals surface area contributed by atoms with E-state index in [2.05, 4.69) is 9.97 Å². The first-order chi connectivity index (χ1) is 9.99. The molecule has 0 aliphatic rings. The Morgan fingerprint density at radius 3 is 2.86 bits per heavy atom. The lowest BCUT2D eigenvalue weighted by Gasteiger charge is -2.09. The molecule has 21 heavy (non-hydrogen) atoms. The van der Waals surface area contributed by atoms with Crippen molar-refractivity contribution < 1.29 is 4.74 Å². The Bertz CT molecular complexity index is 727. The Morgan fingerprint density at radius 2 is 2.24 bits per heavy atom. The number of H-pyrrole nitrogens is 1. The van der Waals surface area contributed by atoms with Gasteiger partial charge in [0, 0.05) is 17.5 Å². The first-order valence-electron chi connectivity index (χ1n) is 6.21. The van der Waals surface area contributed by atoms with E-state index in [1.54, 1.807) is 13.0 Å². The molecule has 0 bridgehead atoms. The molecule has 1 aromatic heterocycles. The number of ether oxygens (including phenoxy) is 1. The van der Waals surface area contributed by atoms with E-state index in [0.29, 0.717) is 27.9 Å². The molecule has 0 saturated heterocycles. The quantitative estimate of drug-likeness (QED) is 0.337. The fraction of sp³-hybridized carbons (Fsp3) is 0.214. The predicted octanol–water partition coefficient (Wildman–Crippen LogP) is 1.66. The summed E-state index contributed by atoms with van der Waals surface area (Å²) in [4.78, 5) is 18.3. The average Bonchev–Trinajstić information content (AvgIpc) is 2.43. The summed E-state index contributed by atoms with van der Waals surface area (Å²) in [6.07, 6.45) is 0. The molecule has 1 aromatic carbocycles. The zero-order valence-corrected chi connectivity index (χ0v) is 12.6. The number of thioether (sulfide) groups is 1. The molecule has 0 atom stereocenters. The van der Waals surface area contributed by atoms with Crippen LogP contribution in [0.4, 0.5) is 0 Å². The highest BCUT2D eigenvalue weighted by Crippen LogP contribution is 2.24. The molecule has 0 spiro atoms. The van der Waals surface area contributed by atoms with Gasteiger partial charge in [0.1, 0.15) is 11.6 Å². The van der Waals surface area contributed by atoms with Gasteiger partial charge in [0.15, 0.2) is 5.16 Å². The maximum absolute atomic E-state index is 11.4. The number of nitrogens with zero attached hydrogens (tertiary/aromatic N) is 1. The molecule has 7 heteroatoms. The van der Waals surface area contributed by atoms with E-state index in [4.69, 9.17) is 15.9 Å². The second kappa shape index (κ2) is 6.45. The lowest BCUT2D eigenvalue weighted by Crippen LogP contribution is -2.13. The van der Waals surface area contributed by atoms with Gasteiger partial charge in [0.25, 0.3) is 5.56 Å². The topological polar surface area (TPSA) is 105 Å². The zero-order valence-electron chi connectivity index (χ0n) is 11.8. The minimum atomic E-state index is -0.163. The van der Waals surface area contributed by atoms with E-state index in [0.717, 1.165) is 5.56 Å². The van der Waals surface area contributed by atoms with Crippen LogP contribution >= 0.6 is 11.8 Å². The molecular weight excluding hydrogens is 288 g/mol. The molecule has 0 aliphatic heterocycles. The normalized spacial score (nSPS) is 10.4. The summed E-state index contributed by atoms with van der Waals surface area (Å²) >= 11 is 1.42. The highest BCUT2D eigenvalue weighted by Gasteiger charge is 2.08. The first kappa shape index (κ1) is 15.1. The molecule has 6 nitrogen and oxygen atoms in total. The van der Waals surface area contributed by atoms with Gasteiger partial charge in [-0.2, -0.15) is 0 Å². The Labute approximate surface area is 126 Å². The van der Waals surface area contributed by atoms with E-state index in [1.165, 1.54) is 24.9 Å². The van der Waals surface area contributed by atoms with E-state index in [-0.39, 0.29) is 11.4 Å². The summed E-state index contributed by atoms with van der Waals surface area (Å²) in [5.41, 5.74) is 7.59. The average molecular weight is 304 g/mol. The van der Waals surface area contributed by atoms with Crippen molar-refractivity contribution in [3.63, 3.8) is 0 Å². The molecule has 1 heterocycles. The van der Waals surface area contributed by atoms with Gasteiger partial charge in [-0.15, -0.1) is 0 Å². The minimum absolute atomic E-state index is 0.0409. The summed E-state index contributed by atoms with van der Waals surface area (Å²) in [7, 11) is 1.54. The fourth-order valence-corrected chi connectivity index (χ4v) is 2.69. The van der Waals surface area contributed by atoms with Crippen molar-refractivity contribution in [1.29, 1.82) is 5.41 Å². The van der Waals surface area contributed by atoms with Gasteiger partial charge in [-0.05, 0) is 24.6 Å². The predicted molar refractivity (Wildman–Crippen MR) is 83.2 cm³/mol. The smallest absolute Gasteiger partial charge is 0.251 e. The van der Waals surface area contributed by atoms with Crippen LogP contribution in [0.15, 0.2) is 34.2 Å². The summed E-state index contributed by atoms with van der Waals surface area (Å²) in [5.74, 6) is 1.13. The van der Waals surface area contributed by atoms with Crippen molar-refractivity contribution in [2.75, 3.05) is 7.11 Å². The Kier molecular flexibility index (Phi) is 4.64. The van der Waals surface area contributed by atoms with Crippen LogP contribution in [0.1, 0.15) is 16.8 Å². The maximum atomic E-state index is 11.4. The Hall–Kier alpha value is -2.28. The number of rotatable bonds is 5. The highest BCUT2D eigenvalue weighted by molar-refractivity contribution is 7.98. The van der Waals surface area contributed by atoms with Crippen LogP contribution in [0.2, 0.25) is 0 Å². The number of aromatic nitrogens is 2. The lowest BCUT2D eigenvalue weighted by molar-refractivity contribution is 0.413. The summed E-state index contributed by atoms with van der Waals surface area (Å²) in [6.45, 7) is 1.78.